The fraction of sp³-hybridized carbons (Fsp3) is 0.273. The quantitative estimate of drug-likeness (QED) is 0.830. The summed E-state index contributed by atoms with van der Waals surface area (Å²) in [4.78, 5) is 22.4. The van der Waals surface area contributed by atoms with Crippen molar-refractivity contribution < 1.29 is 9.59 Å². The van der Waals surface area contributed by atoms with Crippen molar-refractivity contribution in [3.05, 3.63) is 22.7 Å². The maximum atomic E-state index is 11.2. The second kappa shape index (κ2) is 4.14. The van der Waals surface area contributed by atoms with Crippen molar-refractivity contribution in [3.8, 4) is 0 Å². The van der Waals surface area contributed by atoms with E-state index in [9.17, 15) is 9.59 Å². The third-order valence-electron chi connectivity index (χ3n) is 2.41. The third-order valence-corrected chi connectivity index (χ3v) is 2.73. The van der Waals surface area contributed by atoms with Crippen molar-refractivity contribution in [1.29, 1.82) is 0 Å². The van der Waals surface area contributed by atoms with Gasteiger partial charge in [0.25, 0.3) is 0 Å². The number of rotatable bonds is 2. The Kier molecular flexibility index (Phi) is 2.83. The third kappa shape index (κ3) is 2.02. The highest BCUT2D eigenvalue weighted by Crippen LogP contribution is 2.32. The molecule has 0 bridgehead atoms. The average Bonchev–Trinajstić information content (AvgIpc) is 2.58. The van der Waals surface area contributed by atoms with Crippen LogP contribution in [0.25, 0.3) is 0 Å². The highest BCUT2D eigenvalue weighted by molar-refractivity contribution is 6.34. The zero-order valence-electron chi connectivity index (χ0n) is 8.76. The molecule has 0 unspecified atom stereocenters. The molecule has 2 rings (SSSR count). The van der Waals surface area contributed by atoms with Crippen LogP contribution in [0, 0.1) is 0 Å². The summed E-state index contributed by atoms with van der Waals surface area (Å²) in [7, 11) is 0. The first kappa shape index (κ1) is 11.0. The summed E-state index contributed by atoms with van der Waals surface area (Å²) >= 11 is 5.99. The zero-order chi connectivity index (χ0) is 11.7. The summed E-state index contributed by atoms with van der Waals surface area (Å²) in [6.45, 7) is 1.77. The molecule has 0 saturated heterocycles. The molecule has 1 aromatic carbocycles. The lowest BCUT2D eigenvalue weighted by Crippen LogP contribution is -2.10. The van der Waals surface area contributed by atoms with Gasteiger partial charge in [0, 0.05) is 12.1 Å². The van der Waals surface area contributed by atoms with E-state index >= 15 is 0 Å². The van der Waals surface area contributed by atoms with Crippen molar-refractivity contribution in [2.45, 2.75) is 19.8 Å². The summed E-state index contributed by atoms with van der Waals surface area (Å²) in [6, 6.07) is 3.40. The standard InChI is InChI=1S/C11H11ClN2O2/c1-2-10(15)14-9-3-6-4-11(16)13-8(6)5-7(9)12/h3,5H,2,4H2,1H3,(H,13,16)(H,14,15). The fourth-order valence-corrected chi connectivity index (χ4v) is 1.79. The first-order valence-electron chi connectivity index (χ1n) is 5.02. The maximum absolute atomic E-state index is 11.2. The molecule has 2 amide bonds. The molecule has 0 aliphatic carbocycles. The van der Waals surface area contributed by atoms with Gasteiger partial charge in [-0.05, 0) is 17.7 Å². The molecule has 0 atom stereocenters. The van der Waals surface area contributed by atoms with Crippen LogP contribution in [0.2, 0.25) is 5.02 Å². The van der Waals surface area contributed by atoms with Crippen LogP contribution in [0.5, 0.6) is 0 Å². The number of hydrogen-bond donors (Lipinski definition) is 2. The minimum atomic E-state index is -0.0980. The van der Waals surface area contributed by atoms with Crippen LogP contribution in [-0.4, -0.2) is 11.8 Å². The largest absolute Gasteiger partial charge is 0.325 e. The molecule has 0 aromatic heterocycles. The summed E-state index contributed by atoms with van der Waals surface area (Å²) in [5.74, 6) is -0.149. The Morgan fingerprint density at radius 1 is 1.56 bits per heavy atom. The van der Waals surface area contributed by atoms with Crippen LogP contribution in [0.4, 0.5) is 11.4 Å². The molecule has 2 N–H and O–H groups in total. The summed E-state index contributed by atoms with van der Waals surface area (Å²) in [5, 5.41) is 5.82. The lowest BCUT2D eigenvalue weighted by Gasteiger charge is -2.08. The second-order valence-corrected chi connectivity index (χ2v) is 4.02. The van der Waals surface area contributed by atoms with Crippen LogP contribution in [0.15, 0.2) is 12.1 Å². The smallest absolute Gasteiger partial charge is 0.228 e. The summed E-state index contributed by atoms with van der Waals surface area (Å²) < 4.78 is 0. The van der Waals surface area contributed by atoms with E-state index in [1.807, 2.05) is 0 Å². The van der Waals surface area contributed by atoms with Crippen LogP contribution >= 0.6 is 11.6 Å². The number of amides is 2. The van der Waals surface area contributed by atoms with E-state index in [-0.39, 0.29) is 11.8 Å². The van der Waals surface area contributed by atoms with Gasteiger partial charge in [0.05, 0.1) is 17.1 Å². The highest BCUT2D eigenvalue weighted by Gasteiger charge is 2.19. The van der Waals surface area contributed by atoms with Crippen LogP contribution in [0.1, 0.15) is 18.9 Å². The van der Waals surface area contributed by atoms with Gasteiger partial charge in [-0.25, -0.2) is 0 Å². The maximum Gasteiger partial charge on any atom is 0.228 e. The average molecular weight is 239 g/mol. The Labute approximate surface area is 98.0 Å². The van der Waals surface area contributed by atoms with Crippen molar-refractivity contribution in [2.24, 2.45) is 0 Å². The number of carbonyl (C=O) groups excluding carboxylic acids is 2. The van der Waals surface area contributed by atoms with E-state index in [2.05, 4.69) is 10.6 Å². The number of benzene rings is 1. The Hall–Kier alpha value is -1.55. The van der Waals surface area contributed by atoms with Crippen molar-refractivity contribution in [2.75, 3.05) is 10.6 Å². The first-order chi connectivity index (χ1) is 7.60. The predicted octanol–water partition coefficient (Wildman–Crippen LogP) is 2.18. The van der Waals surface area contributed by atoms with Crippen LogP contribution < -0.4 is 10.6 Å². The number of fused-ring (bicyclic) bond motifs is 1. The Morgan fingerprint density at radius 3 is 3.00 bits per heavy atom. The van der Waals surface area contributed by atoms with E-state index < -0.39 is 0 Å². The van der Waals surface area contributed by atoms with Gasteiger partial charge in [-0.1, -0.05) is 18.5 Å². The monoisotopic (exact) mass is 238 g/mol. The molecule has 84 valence electrons. The number of hydrogen-bond acceptors (Lipinski definition) is 2. The van der Waals surface area contributed by atoms with Gasteiger partial charge in [-0.2, -0.15) is 0 Å². The van der Waals surface area contributed by atoms with E-state index in [0.29, 0.717) is 23.6 Å². The van der Waals surface area contributed by atoms with Crippen LogP contribution in [0.3, 0.4) is 0 Å². The molecule has 1 aliphatic rings. The van der Waals surface area contributed by atoms with Crippen LogP contribution in [-0.2, 0) is 16.0 Å². The normalized spacial score (nSPS) is 13.2. The molecular weight excluding hydrogens is 228 g/mol. The van der Waals surface area contributed by atoms with Gasteiger partial charge in [0.15, 0.2) is 0 Å². The van der Waals surface area contributed by atoms with Crippen molar-refractivity contribution >= 4 is 34.8 Å². The zero-order valence-corrected chi connectivity index (χ0v) is 9.52. The molecule has 5 heteroatoms. The summed E-state index contributed by atoms with van der Waals surface area (Å²) in [6.07, 6.45) is 0.728. The van der Waals surface area contributed by atoms with Gasteiger partial charge in [0.2, 0.25) is 11.8 Å². The SMILES string of the molecule is CCC(=O)Nc1cc2c(cc1Cl)NC(=O)C2. The van der Waals surface area contributed by atoms with E-state index in [0.717, 1.165) is 11.3 Å². The molecule has 0 saturated carbocycles. The molecule has 1 aromatic rings. The topological polar surface area (TPSA) is 58.2 Å². The van der Waals surface area contributed by atoms with E-state index in [1.165, 1.54) is 0 Å². The number of halogens is 1. The minimum Gasteiger partial charge on any atom is -0.325 e. The molecule has 0 fully saturated rings. The Morgan fingerprint density at radius 2 is 2.31 bits per heavy atom. The molecule has 1 aliphatic heterocycles. The molecule has 0 spiro atoms. The number of nitrogens with one attached hydrogen (secondary N) is 2. The van der Waals surface area contributed by atoms with Gasteiger partial charge in [-0.3, -0.25) is 9.59 Å². The lowest BCUT2D eigenvalue weighted by atomic mass is 10.1. The first-order valence-corrected chi connectivity index (χ1v) is 5.40. The second-order valence-electron chi connectivity index (χ2n) is 3.62. The minimum absolute atomic E-state index is 0.0509. The molecule has 4 nitrogen and oxygen atoms in total. The molecular formula is C11H11ClN2O2. The molecule has 1 heterocycles. The predicted molar refractivity (Wildman–Crippen MR) is 62.7 cm³/mol. The highest BCUT2D eigenvalue weighted by atomic mass is 35.5. The van der Waals surface area contributed by atoms with Crippen molar-refractivity contribution in [1.82, 2.24) is 0 Å². The van der Waals surface area contributed by atoms with Crippen molar-refractivity contribution in [3.63, 3.8) is 0 Å². The number of carbonyl (C=O) groups is 2. The van der Waals surface area contributed by atoms with Gasteiger partial charge >= 0.3 is 0 Å². The van der Waals surface area contributed by atoms with E-state index in [1.54, 1.807) is 19.1 Å². The Bertz CT molecular complexity index is 471. The Balaban J connectivity index is 2.31. The van der Waals surface area contributed by atoms with Gasteiger partial charge in [0.1, 0.15) is 0 Å². The van der Waals surface area contributed by atoms with Gasteiger partial charge in [-0.15, -0.1) is 0 Å². The molecule has 0 radical (unpaired) electrons. The number of anilines is 2. The molecule has 16 heavy (non-hydrogen) atoms. The van der Waals surface area contributed by atoms with E-state index in [4.69, 9.17) is 11.6 Å². The fourth-order valence-electron chi connectivity index (χ4n) is 1.58. The summed E-state index contributed by atoms with van der Waals surface area (Å²) in [5.41, 5.74) is 2.15. The van der Waals surface area contributed by atoms with Gasteiger partial charge < -0.3 is 10.6 Å². The lowest BCUT2D eigenvalue weighted by molar-refractivity contribution is -0.116.